The number of rotatable bonds is 1. The predicted octanol–water partition coefficient (Wildman–Crippen LogP) is 0.802. The molecule has 5 nitrogen and oxygen atoms in total. The van der Waals surface area contributed by atoms with E-state index in [-0.39, 0.29) is 18.0 Å². The normalized spacial score (nSPS) is 27.1. The highest BCUT2D eigenvalue weighted by Gasteiger charge is 2.41. The zero-order valence-electron chi connectivity index (χ0n) is 9.96. The van der Waals surface area contributed by atoms with Crippen LogP contribution >= 0.6 is 11.8 Å². The number of para-hydroxylation sites is 1. The van der Waals surface area contributed by atoms with E-state index in [2.05, 4.69) is 15.8 Å². The molecule has 1 saturated heterocycles. The number of aliphatic imine (C=N–C) groups is 1. The minimum Gasteiger partial charge on any atom is -0.274 e. The lowest BCUT2D eigenvalue weighted by atomic mass is 10.1. The van der Waals surface area contributed by atoms with Crippen LogP contribution in [0.15, 0.2) is 35.3 Å². The van der Waals surface area contributed by atoms with E-state index in [1.54, 1.807) is 4.90 Å². The Morgan fingerprint density at radius 3 is 2.89 bits per heavy atom. The second kappa shape index (κ2) is 4.72. The lowest BCUT2D eigenvalue weighted by Crippen LogP contribution is -2.49. The minimum atomic E-state index is -0.139. The van der Waals surface area contributed by atoms with Gasteiger partial charge in [0.05, 0.1) is 11.6 Å². The fourth-order valence-electron chi connectivity index (χ4n) is 2.23. The van der Waals surface area contributed by atoms with Crippen LogP contribution in [-0.4, -0.2) is 30.0 Å². The molecule has 1 amide bonds. The largest absolute Gasteiger partial charge is 0.274 e. The molecule has 2 heterocycles. The molecule has 6 heteroatoms. The Labute approximate surface area is 110 Å². The van der Waals surface area contributed by atoms with Gasteiger partial charge in [-0.1, -0.05) is 30.0 Å². The first kappa shape index (κ1) is 11.7. The van der Waals surface area contributed by atoms with E-state index >= 15 is 0 Å². The Balaban J connectivity index is 2.02. The van der Waals surface area contributed by atoms with E-state index < -0.39 is 0 Å². The quantitative estimate of drug-likeness (QED) is 0.786. The highest BCUT2D eigenvalue weighted by Crippen LogP contribution is 2.27. The van der Waals surface area contributed by atoms with E-state index in [0.717, 1.165) is 10.9 Å². The number of hydrogen-bond acceptors (Lipinski definition) is 5. The lowest BCUT2D eigenvalue weighted by molar-refractivity contribution is -0.121. The number of amides is 1. The maximum Gasteiger partial charge on any atom is 0.241 e. The summed E-state index contributed by atoms with van der Waals surface area (Å²) in [5, 5.41) is 0.739. The van der Waals surface area contributed by atoms with Gasteiger partial charge in [-0.05, 0) is 18.4 Å². The summed E-state index contributed by atoms with van der Waals surface area (Å²) >= 11 is 1.49. The van der Waals surface area contributed by atoms with Crippen molar-refractivity contribution in [2.45, 2.75) is 6.17 Å². The Kier molecular flexibility index (Phi) is 3.07. The van der Waals surface area contributed by atoms with Crippen molar-refractivity contribution in [3.8, 4) is 0 Å². The molecule has 94 valence electrons. The Morgan fingerprint density at radius 2 is 2.17 bits per heavy atom. The van der Waals surface area contributed by atoms with E-state index in [1.807, 2.05) is 36.6 Å². The topological polar surface area (TPSA) is 56.7 Å². The number of nitrogens with one attached hydrogen (secondary N) is 2. The molecule has 0 radical (unpaired) electrons. The van der Waals surface area contributed by atoms with Crippen LogP contribution in [0.1, 0.15) is 0 Å². The van der Waals surface area contributed by atoms with Crippen molar-refractivity contribution in [1.29, 1.82) is 0 Å². The Morgan fingerprint density at radius 1 is 1.39 bits per heavy atom. The second-order valence-corrected chi connectivity index (χ2v) is 4.97. The first-order valence-corrected chi connectivity index (χ1v) is 7.03. The zero-order valence-corrected chi connectivity index (χ0v) is 10.8. The smallest absolute Gasteiger partial charge is 0.241 e. The monoisotopic (exact) mass is 262 g/mol. The first-order valence-electron chi connectivity index (χ1n) is 5.80. The van der Waals surface area contributed by atoms with Crippen molar-refractivity contribution >= 4 is 28.5 Å². The van der Waals surface area contributed by atoms with Gasteiger partial charge in [-0.25, -0.2) is 10.4 Å². The van der Waals surface area contributed by atoms with Crippen molar-refractivity contribution in [3.05, 3.63) is 30.3 Å². The highest BCUT2D eigenvalue weighted by atomic mass is 32.2. The fourth-order valence-corrected chi connectivity index (χ4v) is 2.82. The van der Waals surface area contributed by atoms with Gasteiger partial charge in [0.1, 0.15) is 6.17 Å². The third-order valence-electron chi connectivity index (χ3n) is 3.13. The molecule has 0 saturated carbocycles. The molecule has 1 fully saturated rings. The number of hydrazine groups is 1. The van der Waals surface area contributed by atoms with Crippen molar-refractivity contribution in [1.82, 2.24) is 10.9 Å². The van der Waals surface area contributed by atoms with Gasteiger partial charge >= 0.3 is 0 Å². The molecule has 2 aliphatic rings. The number of amidine groups is 1. The van der Waals surface area contributed by atoms with Crippen LogP contribution in [0.4, 0.5) is 5.69 Å². The summed E-state index contributed by atoms with van der Waals surface area (Å²) in [6.45, 7) is 0.623. The molecule has 18 heavy (non-hydrogen) atoms. The van der Waals surface area contributed by atoms with Crippen LogP contribution in [0.3, 0.4) is 0 Å². The van der Waals surface area contributed by atoms with Crippen LogP contribution in [-0.2, 0) is 4.79 Å². The number of carbonyl (C=O) groups is 1. The van der Waals surface area contributed by atoms with Crippen LogP contribution in [0.2, 0.25) is 0 Å². The van der Waals surface area contributed by atoms with Gasteiger partial charge in [0.25, 0.3) is 0 Å². The van der Waals surface area contributed by atoms with Gasteiger partial charge in [0.15, 0.2) is 5.17 Å². The maximum absolute atomic E-state index is 12.5. The van der Waals surface area contributed by atoms with E-state index in [9.17, 15) is 4.79 Å². The van der Waals surface area contributed by atoms with Gasteiger partial charge in [0.2, 0.25) is 5.91 Å². The number of nitrogens with zero attached hydrogens (tertiary/aromatic N) is 2. The molecule has 0 spiro atoms. The van der Waals surface area contributed by atoms with Crippen LogP contribution in [0.5, 0.6) is 0 Å². The first-order chi connectivity index (χ1) is 8.81. The Hall–Kier alpha value is -1.37. The number of carbonyl (C=O) groups excluding carboxylic acids is 1. The van der Waals surface area contributed by atoms with Gasteiger partial charge in [-0.2, -0.15) is 0 Å². The average molecular weight is 262 g/mol. The molecule has 2 atom stereocenters. The van der Waals surface area contributed by atoms with Crippen molar-refractivity contribution in [3.63, 3.8) is 0 Å². The van der Waals surface area contributed by atoms with Gasteiger partial charge in [0, 0.05) is 6.54 Å². The van der Waals surface area contributed by atoms with Crippen molar-refractivity contribution in [2.75, 3.05) is 17.7 Å². The predicted molar refractivity (Wildman–Crippen MR) is 73.3 cm³/mol. The number of benzene rings is 1. The molecule has 3 rings (SSSR count). The standard InChI is InChI=1S/C12H14N4OS/c1-18-12-14-10-9(7-13-15-10)11(17)16(12)8-5-3-2-4-6-8/h2-6,9-10,13,15H,7H2,1H3. The molecule has 2 N–H and O–H groups in total. The lowest BCUT2D eigenvalue weighted by Gasteiger charge is -2.31. The molecule has 0 aromatic heterocycles. The fraction of sp³-hybridized carbons (Fsp3) is 0.333. The van der Waals surface area contributed by atoms with Crippen LogP contribution < -0.4 is 15.8 Å². The third-order valence-corrected chi connectivity index (χ3v) is 3.78. The number of anilines is 1. The molecule has 1 aromatic rings. The molecule has 2 aliphatic heterocycles. The molecule has 2 unspecified atom stereocenters. The van der Waals surface area contributed by atoms with E-state index in [0.29, 0.717) is 6.54 Å². The van der Waals surface area contributed by atoms with Crippen LogP contribution in [0, 0.1) is 5.92 Å². The number of hydrogen-bond donors (Lipinski definition) is 2. The SMILES string of the molecule is CSC1=NC2NNCC2C(=O)N1c1ccccc1. The van der Waals surface area contributed by atoms with Gasteiger partial charge in [-0.15, -0.1) is 0 Å². The third kappa shape index (κ3) is 1.82. The molecule has 1 aromatic carbocycles. The Bertz CT molecular complexity index is 490. The van der Waals surface area contributed by atoms with Crippen molar-refractivity contribution < 1.29 is 4.79 Å². The van der Waals surface area contributed by atoms with E-state index in [4.69, 9.17) is 0 Å². The summed E-state index contributed by atoms with van der Waals surface area (Å²) in [5.74, 6) is -0.0239. The maximum atomic E-state index is 12.5. The van der Waals surface area contributed by atoms with E-state index in [1.165, 1.54) is 11.8 Å². The van der Waals surface area contributed by atoms with Crippen molar-refractivity contribution in [2.24, 2.45) is 10.9 Å². The molecule has 0 aliphatic carbocycles. The second-order valence-electron chi connectivity index (χ2n) is 4.20. The number of fused-ring (bicyclic) bond motifs is 1. The van der Waals surface area contributed by atoms with Gasteiger partial charge in [-0.3, -0.25) is 15.1 Å². The summed E-state index contributed by atoms with van der Waals surface area (Å²) in [6, 6.07) is 9.66. The van der Waals surface area contributed by atoms with Crippen LogP contribution in [0.25, 0.3) is 0 Å². The number of thioether (sulfide) groups is 1. The summed E-state index contributed by atoms with van der Waals surface area (Å²) in [6.07, 6.45) is 1.80. The average Bonchev–Trinajstić information content (AvgIpc) is 2.88. The molecular weight excluding hydrogens is 248 g/mol. The summed E-state index contributed by atoms with van der Waals surface area (Å²) in [5.41, 5.74) is 6.90. The summed E-state index contributed by atoms with van der Waals surface area (Å²) in [4.78, 5) is 18.8. The zero-order chi connectivity index (χ0) is 12.5. The van der Waals surface area contributed by atoms with Gasteiger partial charge < -0.3 is 0 Å². The summed E-state index contributed by atoms with van der Waals surface area (Å²) in [7, 11) is 0. The molecule has 0 bridgehead atoms. The minimum absolute atomic E-state index is 0.100. The highest BCUT2D eigenvalue weighted by molar-refractivity contribution is 8.13. The molecular formula is C12H14N4OS. The summed E-state index contributed by atoms with van der Waals surface area (Å²) < 4.78 is 0.